The highest BCUT2D eigenvalue weighted by Crippen LogP contribution is 2.29. The molecule has 1 aliphatic carbocycles. The third-order valence-corrected chi connectivity index (χ3v) is 5.75. The number of nitrogens with zero attached hydrogens (tertiary/aromatic N) is 3. The second-order valence-corrected chi connectivity index (χ2v) is 7.70. The number of amides is 1. The van der Waals surface area contributed by atoms with E-state index in [4.69, 9.17) is 0 Å². The second-order valence-electron chi connectivity index (χ2n) is 6.75. The van der Waals surface area contributed by atoms with Crippen LogP contribution in [0.25, 0.3) is 0 Å². The highest BCUT2D eigenvalue weighted by Gasteiger charge is 2.24. The van der Waals surface area contributed by atoms with Gasteiger partial charge < -0.3 is 5.32 Å². The van der Waals surface area contributed by atoms with Crippen molar-refractivity contribution < 1.29 is 4.79 Å². The first kappa shape index (κ1) is 17.0. The summed E-state index contributed by atoms with van der Waals surface area (Å²) in [4.78, 5) is 17.1. The van der Waals surface area contributed by atoms with Crippen molar-refractivity contribution in [1.29, 1.82) is 0 Å². The Labute approximate surface area is 157 Å². The lowest BCUT2D eigenvalue weighted by Crippen LogP contribution is -2.32. The number of thiazole rings is 1. The van der Waals surface area contributed by atoms with Crippen LogP contribution in [0.4, 0.5) is 0 Å². The molecule has 1 atom stereocenters. The predicted molar refractivity (Wildman–Crippen MR) is 102 cm³/mol. The highest BCUT2D eigenvalue weighted by atomic mass is 32.1. The Balaban J connectivity index is 1.37. The lowest BCUT2D eigenvalue weighted by molar-refractivity contribution is -0.121. The first-order valence-electron chi connectivity index (χ1n) is 8.96. The standard InChI is InChI=1S/C20H22N4OS/c1-24-18-9-5-8-17(16(18)12-21-24)23-19(25)11-15-13-26-20(22-15)10-14-6-3-2-4-7-14/h2-4,6-7,12-13,17H,5,8-11H2,1H3,(H,23,25). The van der Waals surface area contributed by atoms with Crippen LogP contribution in [0, 0.1) is 0 Å². The minimum atomic E-state index is 0.0308. The van der Waals surface area contributed by atoms with Crippen LogP contribution in [0.3, 0.4) is 0 Å². The molecule has 1 aromatic carbocycles. The molecule has 0 bridgehead atoms. The van der Waals surface area contributed by atoms with Crippen molar-refractivity contribution in [3.63, 3.8) is 0 Å². The molecule has 2 heterocycles. The summed E-state index contributed by atoms with van der Waals surface area (Å²) in [6.45, 7) is 0. The Bertz CT molecular complexity index is 900. The van der Waals surface area contributed by atoms with E-state index < -0.39 is 0 Å². The van der Waals surface area contributed by atoms with Crippen molar-refractivity contribution in [2.24, 2.45) is 7.05 Å². The van der Waals surface area contributed by atoms with Gasteiger partial charge in [-0.3, -0.25) is 9.48 Å². The van der Waals surface area contributed by atoms with Gasteiger partial charge in [-0.1, -0.05) is 30.3 Å². The smallest absolute Gasteiger partial charge is 0.226 e. The van der Waals surface area contributed by atoms with Gasteiger partial charge >= 0.3 is 0 Å². The van der Waals surface area contributed by atoms with E-state index in [2.05, 4.69) is 27.5 Å². The monoisotopic (exact) mass is 366 g/mol. The number of hydrogen-bond donors (Lipinski definition) is 1. The van der Waals surface area contributed by atoms with E-state index in [9.17, 15) is 4.79 Å². The van der Waals surface area contributed by atoms with Gasteiger partial charge in [-0.2, -0.15) is 5.10 Å². The molecule has 0 saturated carbocycles. The van der Waals surface area contributed by atoms with E-state index >= 15 is 0 Å². The van der Waals surface area contributed by atoms with E-state index in [1.165, 1.54) is 11.3 Å². The maximum atomic E-state index is 12.5. The molecular formula is C20H22N4OS. The predicted octanol–water partition coefficient (Wildman–Crippen LogP) is 3.20. The maximum absolute atomic E-state index is 12.5. The molecule has 0 saturated heterocycles. The summed E-state index contributed by atoms with van der Waals surface area (Å²) in [6.07, 6.45) is 6.12. The van der Waals surface area contributed by atoms with Crippen molar-refractivity contribution in [3.05, 3.63) is 69.4 Å². The number of benzene rings is 1. The minimum absolute atomic E-state index is 0.0308. The van der Waals surface area contributed by atoms with Crippen molar-refractivity contribution in [2.45, 2.75) is 38.1 Å². The molecule has 1 amide bonds. The van der Waals surface area contributed by atoms with E-state index in [1.54, 1.807) is 11.3 Å². The lowest BCUT2D eigenvalue weighted by atomic mass is 9.93. The highest BCUT2D eigenvalue weighted by molar-refractivity contribution is 7.09. The molecule has 0 aliphatic heterocycles. The Kier molecular flexibility index (Phi) is 4.84. The summed E-state index contributed by atoms with van der Waals surface area (Å²) in [5.74, 6) is 0.0308. The van der Waals surface area contributed by atoms with E-state index in [0.717, 1.165) is 41.9 Å². The topological polar surface area (TPSA) is 59.8 Å². The summed E-state index contributed by atoms with van der Waals surface area (Å²) >= 11 is 1.62. The van der Waals surface area contributed by atoms with Crippen LogP contribution in [0.5, 0.6) is 0 Å². The average molecular weight is 366 g/mol. The zero-order valence-corrected chi connectivity index (χ0v) is 15.6. The fourth-order valence-corrected chi connectivity index (χ4v) is 4.38. The van der Waals surface area contributed by atoms with Crippen molar-refractivity contribution in [1.82, 2.24) is 20.1 Å². The van der Waals surface area contributed by atoms with Gasteiger partial charge in [-0.15, -0.1) is 11.3 Å². The quantitative estimate of drug-likeness (QED) is 0.754. The summed E-state index contributed by atoms with van der Waals surface area (Å²) < 4.78 is 1.92. The zero-order valence-electron chi connectivity index (χ0n) is 14.8. The largest absolute Gasteiger partial charge is 0.349 e. The Morgan fingerprint density at radius 1 is 1.35 bits per heavy atom. The fraction of sp³-hybridized carbons (Fsp3) is 0.350. The van der Waals surface area contributed by atoms with Gasteiger partial charge in [-0.25, -0.2) is 4.98 Å². The number of fused-ring (bicyclic) bond motifs is 1. The number of carbonyl (C=O) groups is 1. The van der Waals surface area contributed by atoms with Crippen LogP contribution in [0.15, 0.2) is 41.9 Å². The van der Waals surface area contributed by atoms with Crippen LogP contribution in [-0.2, 0) is 31.1 Å². The third kappa shape index (κ3) is 3.70. The van der Waals surface area contributed by atoms with E-state index in [0.29, 0.717) is 6.42 Å². The first-order chi connectivity index (χ1) is 12.7. The van der Waals surface area contributed by atoms with Crippen LogP contribution in [0.2, 0.25) is 0 Å². The van der Waals surface area contributed by atoms with Crippen LogP contribution in [-0.4, -0.2) is 20.7 Å². The average Bonchev–Trinajstić information content (AvgIpc) is 3.23. The molecule has 0 fully saturated rings. The molecule has 0 spiro atoms. The SMILES string of the molecule is Cn1ncc2c1CCCC2NC(=O)Cc1csc(Cc2ccccc2)n1. The molecule has 5 nitrogen and oxygen atoms in total. The van der Waals surface area contributed by atoms with Gasteiger partial charge in [0.05, 0.1) is 29.4 Å². The molecule has 0 radical (unpaired) electrons. The summed E-state index contributed by atoms with van der Waals surface area (Å²) in [6, 6.07) is 10.4. The molecule has 6 heteroatoms. The van der Waals surface area contributed by atoms with Gasteiger partial charge in [0.15, 0.2) is 0 Å². The molecule has 134 valence electrons. The second kappa shape index (κ2) is 7.41. The van der Waals surface area contributed by atoms with Crippen LogP contribution >= 0.6 is 11.3 Å². The van der Waals surface area contributed by atoms with Gasteiger partial charge in [0.25, 0.3) is 0 Å². The molecule has 4 rings (SSSR count). The summed E-state index contributed by atoms with van der Waals surface area (Å²) in [5, 5.41) is 10.5. The van der Waals surface area contributed by atoms with Crippen LogP contribution < -0.4 is 5.32 Å². The number of hydrogen-bond acceptors (Lipinski definition) is 4. The Morgan fingerprint density at radius 2 is 2.19 bits per heavy atom. The summed E-state index contributed by atoms with van der Waals surface area (Å²) in [7, 11) is 1.96. The number of aryl methyl sites for hydroxylation is 1. The molecule has 1 N–H and O–H groups in total. The molecule has 1 unspecified atom stereocenters. The summed E-state index contributed by atoms with van der Waals surface area (Å²) in [5.41, 5.74) is 4.49. The number of carbonyl (C=O) groups excluding carboxylic acids is 1. The number of rotatable bonds is 5. The zero-order chi connectivity index (χ0) is 17.9. The van der Waals surface area contributed by atoms with Gasteiger partial charge in [0.2, 0.25) is 5.91 Å². The minimum Gasteiger partial charge on any atom is -0.349 e. The maximum Gasteiger partial charge on any atom is 0.226 e. The van der Waals surface area contributed by atoms with E-state index in [-0.39, 0.29) is 11.9 Å². The van der Waals surface area contributed by atoms with Crippen molar-refractivity contribution >= 4 is 17.2 Å². The molecular weight excluding hydrogens is 344 g/mol. The fourth-order valence-electron chi connectivity index (χ4n) is 3.55. The first-order valence-corrected chi connectivity index (χ1v) is 9.84. The normalized spacial score (nSPS) is 16.3. The number of nitrogens with one attached hydrogen (secondary N) is 1. The molecule has 26 heavy (non-hydrogen) atoms. The van der Waals surface area contributed by atoms with Gasteiger partial charge in [-0.05, 0) is 24.8 Å². The molecule has 3 aromatic rings. The molecule has 2 aromatic heterocycles. The van der Waals surface area contributed by atoms with Crippen LogP contribution in [0.1, 0.15) is 46.4 Å². The van der Waals surface area contributed by atoms with Gasteiger partial charge in [0.1, 0.15) is 0 Å². The van der Waals surface area contributed by atoms with Crippen molar-refractivity contribution in [2.75, 3.05) is 0 Å². The third-order valence-electron chi connectivity index (χ3n) is 4.85. The molecule has 1 aliphatic rings. The van der Waals surface area contributed by atoms with E-state index in [1.807, 2.05) is 41.5 Å². The van der Waals surface area contributed by atoms with Crippen molar-refractivity contribution in [3.8, 4) is 0 Å². The van der Waals surface area contributed by atoms with Gasteiger partial charge in [0, 0.05) is 30.1 Å². The Hall–Kier alpha value is -2.47. The lowest BCUT2D eigenvalue weighted by Gasteiger charge is -2.23. The Morgan fingerprint density at radius 3 is 3.04 bits per heavy atom. The number of aromatic nitrogens is 3.